The summed E-state index contributed by atoms with van der Waals surface area (Å²) in [5.74, 6) is 1.78. The quantitative estimate of drug-likeness (QED) is 0.830. The summed E-state index contributed by atoms with van der Waals surface area (Å²) >= 11 is 0. The zero-order valence-corrected chi connectivity index (χ0v) is 11.8. The van der Waals surface area contributed by atoms with Crippen molar-refractivity contribution in [1.82, 2.24) is 25.0 Å². The Labute approximate surface area is 110 Å². The van der Waals surface area contributed by atoms with Crippen LogP contribution in [0, 0.1) is 6.92 Å². The summed E-state index contributed by atoms with van der Waals surface area (Å²) in [6.07, 6.45) is 3.97. The zero-order chi connectivity index (χ0) is 13.0. The third-order valence-electron chi connectivity index (χ3n) is 3.75. The SMILES string of the molecule is Cc1nc(CN(C)CCC(C)N2CCCC2)n[nH]1. The van der Waals surface area contributed by atoms with Crippen molar-refractivity contribution in [3.63, 3.8) is 0 Å². The topological polar surface area (TPSA) is 48.1 Å². The third kappa shape index (κ3) is 3.78. The van der Waals surface area contributed by atoms with Gasteiger partial charge in [0.05, 0.1) is 6.54 Å². The largest absolute Gasteiger partial charge is 0.301 e. The molecule has 0 radical (unpaired) electrons. The Morgan fingerprint density at radius 1 is 1.39 bits per heavy atom. The molecule has 1 atom stereocenters. The van der Waals surface area contributed by atoms with Crippen LogP contribution in [0.5, 0.6) is 0 Å². The molecule has 102 valence electrons. The molecule has 2 rings (SSSR count). The molecule has 0 aliphatic carbocycles. The van der Waals surface area contributed by atoms with Crippen LogP contribution in [0.1, 0.15) is 37.8 Å². The van der Waals surface area contributed by atoms with Crippen LogP contribution in [-0.2, 0) is 6.54 Å². The number of H-pyrrole nitrogens is 1. The Morgan fingerprint density at radius 3 is 2.72 bits per heavy atom. The molecule has 0 bridgehead atoms. The molecule has 0 spiro atoms. The van der Waals surface area contributed by atoms with E-state index >= 15 is 0 Å². The van der Waals surface area contributed by atoms with E-state index in [0.717, 1.165) is 24.7 Å². The lowest BCUT2D eigenvalue weighted by Crippen LogP contribution is -2.33. The Balaban J connectivity index is 1.69. The van der Waals surface area contributed by atoms with Gasteiger partial charge < -0.3 is 4.90 Å². The van der Waals surface area contributed by atoms with Crippen LogP contribution < -0.4 is 0 Å². The number of nitrogens with zero attached hydrogens (tertiary/aromatic N) is 4. The molecule has 0 amide bonds. The van der Waals surface area contributed by atoms with E-state index in [1.165, 1.54) is 32.4 Å². The molecule has 5 nitrogen and oxygen atoms in total. The monoisotopic (exact) mass is 251 g/mol. The van der Waals surface area contributed by atoms with E-state index in [9.17, 15) is 0 Å². The first-order valence-corrected chi connectivity index (χ1v) is 6.95. The van der Waals surface area contributed by atoms with Crippen molar-refractivity contribution in [2.75, 3.05) is 26.7 Å². The Morgan fingerprint density at radius 2 is 2.11 bits per heavy atom. The second-order valence-corrected chi connectivity index (χ2v) is 5.46. The maximum atomic E-state index is 4.34. The van der Waals surface area contributed by atoms with Gasteiger partial charge in [0.1, 0.15) is 5.82 Å². The average Bonchev–Trinajstić information content (AvgIpc) is 2.97. The highest BCUT2D eigenvalue weighted by Gasteiger charge is 2.18. The van der Waals surface area contributed by atoms with Gasteiger partial charge in [-0.25, -0.2) is 4.98 Å². The van der Waals surface area contributed by atoms with Crippen molar-refractivity contribution in [1.29, 1.82) is 0 Å². The predicted molar refractivity (Wildman–Crippen MR) is 72.3 cm³/mol. The molecule has 2 heterocycles. The minimum absolute atomic E-state index is 0.698. The molecule has 18 heavy (non-hydrogen) atoms. The average molecular weight is 251 g/mol. The van der Waals surface area contributed by atoms with Crippen molar-refractivity contribution in [3.8, 4) is 0 Å². The van der Waals surface area contributed by atoms with Crippen LogP contribution in [0.3, 0.4) is 0 Å². The molecule has 1 aliphatic heterocycles. The molecule has 1 aromatic heterocycles. The Kier molecular flexibility index (Phi) is 4.72. The van der Waals surface area contributed by atoms with Crippen molar-refractivity contribution < 1.29 is 0 Å². The van der Waals surface area contributed by atoms with Crippen LogP contribution in [0.15, 0.2) is 0 Å². The minimum atomic E-state index is 0.698. The first kappa shape index (κ1) is 13.5. The number of rotatable bonds is 6. The van der Waals surface area contributed by atoms with Crippen LogP contribution in [-0.4, -0.2) is 57.7 Å². The summed E-state index contributed by atoms with van der Waals surface area (Å²) in [4.78, 5) is 9.24. The van der Waals surface area contributed by atoms with Crippen molar-refractivity contribution in [2.45, 2.75) is 45.7 Å². The molecule has 1 unspecified atom stereocenters. The number of aryl methyl sites for hydroxylation is 1. The summed E-state index contributed by atoms with van der Waals surface area (Å²) in [5, 5.41) is 7.06. The minimum Gasteiger partial charge on any atom is -0.301 e. The smallest absolute Gasteiger partial charge is 0.164 e. The maximum Gasteiger partial charge on any atom is 0.164 e. The van der Waals surface area contributed by atoms with Gasteiger partial charge in [-0.3, -0.25) is 10.00 Å². The zero-order valence-electron chi connectivity index (χ0n) is 11.8. The lowest BCUT2D eigenvalue weighted by atomic mass is 10.2. The van der Waals surface area contributed by atoms with Gasteiger partial charge in [0.15, 0.2) is 5.82 Å². The number of aromatic nitrogens is 3. The Hall–Kier alpha value is -0.940. The highest BCUT2D eigenvalue weighted by molar-refractivity contribution is 4.87. The van der Waals surface area contributed by atoms with Gasteiger partial charge >= 0.3 is 0 Å². The van der Waals surface area contributed by atoms with Gasteiger partial charge in [-0.15, -0.1) is 0 Å². The first-order chi connectivity index (χ1) is 8.65. The molecule has 0 saturated carbocycles. The van der Waals surface area contributed by atoms with E-state index in [-0.39, 0.29) is 0 Å². The van der Waals surface area contributed by atoms with Crippen LogP contribution >= 0.6 is 0 Å². The van der Waals surface area contributed by atoms with E-state index in [2.05, 4.69) is 39.0 Å². The fourth-order valence-electron chi connectivity index (χ4n) is 2.55. The van der Waals surface area contributed by atoms with Crippen molar-refractivity contribution >= 4 is 0 Å². The number of hydrogen-bond donors (Lipinski definition) is 1. The van der Waals surface area contributed by atoms with Crippen LogP contribution in [0.25, 0.3) is 0 Å². The van der Waals surface area contributed by atoms with E-state index in [1.54, 1.807) is 0 Å². The highest BCUT2D eigenvalue weighted by atomic mass is 15.2. The lowest BCUT2D eigenvalue weighted by molar-refractivity contribution is 0.213. The van der Waals surface area contributed by atoms with Gasteiger partial charge in [0, 0.05) is 6.04 Å². The third-order valence-corrected chi connectivity index (χ3v) is 3.75. The number of likely N-dealkylation sites (tertiary alicyclic amines) is 1. The van der Waals surface area contributed by atoms with Gasteiger partial charge in [0.2, 0.25) is 0 Å². The van der Waals surface area contributed by atoms with E-state index < -0.39 is 0 Å². The first-order valence-electron chi connectivity index (χ1n) is 6.95. The highest BCUT2D eigenvalue weighted by Crippen LogP contribution is 2.14. The van der Waals surface area contributed by atoms with E-state index in [0.29, 0.717) is 6.04 Å². The molecule has 1 fully saturated rings. The van der Waals surface area contributed by atoms with Crippen molar-refractivity contribution in [3.05, 3.63) is 11.6 Å². The molecular weight excluding hydrogens is 226 g/mol. The normalized spacial score (nSPS) is 18.7. The molecule has 1 N–H and O–H groups in total. The second-order valence-electron chi connectivity index (χ2n) is 5.46. The van der Waals surface area contributed by atoms with Crippen molar-refractivity contribution in [2.24, 2.45) is 0 Å². The van der Waals surface area contributed by atoms with Gasteiger partial charge in [0.25, 0.3) is 0 Å². The summed E-state index contributed by atoms with van der Waals surface area (Å²) < 4.78 is 0. The van der Waals surface area contributed by atoms with Crippen LogP contribution in [0.2, 0.25) is 0 Å². The van der Waals surface area contributed by atoms with E-state index in [1.807, 2.05) is 6.92 Å². The van der Waals surface area contributed by atoms with Crippen LogP contribution in [0.4, 0.5) is 0 Å². The van der Waals surface area contributed by atoms with Gasteiger partial charge in [-0.2, -0.15) is 5.10 Å². The molecule has 1 saturated heterocycles. The molecule has 1 aromatic rings. The number of aromatic amines is 1. The maximum absolute atomic E-state index is 4.34. The van der Waals surface area contributed by atoms with Gasteiger partial charge in [-0.1, -0.05) is 0 Å². The summed E-state index contributed by atoms with van der Waals surface area (Å²) in [6, 6.07) is 0.698. The number of nitrogens with one attached hydrogen (secondary N) is 1. The van der Waals surface area contributed by atoms with E-state index in [4.69, 9.17) is 0 Å². The molecular formula is C13H25N5. The fourth-order valence-corrected chi connectivity index (χ4v) is 2.55. The lowest BCUT2D eigenvalue weighted by Gasteiger charge is -2.25. The number of hydrogen-bond acceptors (Lipinski definition) is 4. The molecule has 0 aromatic carbocycles. The standard InChI is InChI=1S/C13H25N5/c1-11(18-7-4-5-8-18)6-9-17(3)10-13-14-12(2)15-16-13/h11H,4-10H2,1-3H3,(H,14,15,16). The predicted octanol–water partition coefficient (Wildman–Crippen LogP) is 1.42. The summed E-state index contributed by atoms with van der Waals surface area (Å²) in [7, 11) is 2.14. The Bertz CT molecular complexity index is 356. The fraction of sp³-hybridized carbons (Fsp3) is 0.846. The van der Waals surface area contributed by atoms with Gasteiger partial charge in [-0.05, 0) is 59.8 Å². The summed E-state index contributed by atoms with van der Waals surface area (Å²) in [5.41, 5.74) is 0. The molecule has 5 heteroatoms. The summed E-state index contributed by atoms with van der Waals surface area (Å²) in [6.45, 7) is 8.78. The molecule has 1 aliphatic rings. The second kappa shape index (κ2) is 6.29.